The van der Waals surface area contributed by atoms with E-state index in [0.29, 0.717) is 5.56 Å². The molecule has 0 unspecified atom stereocenters. The minimum atomic E-state index is 0.0584. The Balaban J connectivity index is 1.51. The van der Waals surface area contributed by atoms with Crippen molar-refractivity contribution >= 4 is 5.78 Å². The molecule has 3 rings (SSSR count). The average Bonchev–Trinajstić information content (AvgIpc) is 2.68. The maximum absolute atomic E-state index is 11.4. The molecule has 0 saturated heterocycles. The van der Waals surface area contributed by atoms with Crippen molar-refractivity contribution in [3.05, 3.63) is 53.7 Å². The van der Waals surface area contributed by atoms with Crippen LogP contribution >= 0.6 is 0 Å². The van der Waals surface area contributed by atoms with Gasteiger partial charge in [-0.3, -0.25) is 9.78 Å². The highest BCUT2D eigenvalue weighted by Crippen LogP contribution is 2.33. The summed E-state index contributed by atoms with van der Waals surface area (Å²) >= 11 is 0. The molecule has 0 spiro atoms. The molecule has 1 aliphatic rings. The van der Waals surface area contributed by atoms with Gasteiger partial charge in [-0.1, -0.05) is 69.7 Å². The maximum atomic E-state index is 11.4. The molecule has 1 aromatic carbocycles. The van der Waals surface area contributed by atoms with Crippen LogP contribution < -0.4 is 0 Å². The largest absolute Gasteiger partial charge is 0.294 e. The fraction of sp³-hybridized carbons (Fsp3) is 0.500. The highest BCUT2D eigenvalue weighted by Gasteiger charge is 2.20. The summed E-state index contributed by atoms with van der Waals surface area (Å²) in [6.07, 6.45) is 12.7. The number of aryl methyl sites for hydroxylation is 1. The molecule has 1 saturated carbocycles. The van der Waals surface area contributed by atoms with Crippen LogP contribution in [0.3, 0.4) is 0 Å². The number of rotatable bonds is 7. The molecule has 26 heavy (non-hydrogen) atoms. The van der Waals surface area contributed by atoms with Gasteiger partial charge in [0.15, 0.2) is 5.78 Å². The van der Waals surface area contributed by atoms with Crippen molar-refractivity contribution in [1.82, 2.24) is 4.98 Å². The minimum Gasteiger partial charge on any atom is -0.294 e. The number of ketones is 1. The second-order valence-corrected chi connectivity index (χ2v) is 7.90. The van der Waals surface area contributed by atoms with Gasteiger partial charge in [-0.05, 0) is 49.3 Å². The van der Waals surface area contributed by atoms with Crippen LogP contribution in [0.2, 0.25) is 0 Å². The van der Waals surface area contributed by atoms with Crippen LogP contribution in [0.15, 0.2) is 42.6 Å². The second-order valence-electron chi connectivity index (χ2n) is 7.90. The standard InChI is InChI=1S/C24H31NO/c1-3-4-19-5-7-20(8-6-19)9-10-21-11-13-22(14-12-21)24-16-15-23(17-25-24)18(2)26/h11-17,19-20H,3-10H2,1-2H3/t19-,20-. The molecule has 0 aliphatic heterocycles. The van der Waals surface area contributed by atoms with Gasteiger partial charge in [-0.15, -0.1) is 0 Å². The molecule has 0 atom stereocenters. The number of hydrogen-bond donors (Lipinski definition) is 0. The molecule has 1 heterocycles. The Morgan fingerprint density at radius 1 is 0.962 bits per heavy atom. The third-order valence-electron chi connectivity index (χ3n) is 5.92. The first-order valence-corrected chi connectivity index (χ1v) is 10.2. The molecule has 1 fully saturated rings. The lowest BCUT2D eigenvalue weighted by Crippen LogP contribution is -2.15. The van der Waals surface area contributed by atoms with Crippen molar-refractivity contribution in [1.29, 1.82) is 0 Å². The highest BCUT2D eigenvalue weighted by molar-refractivity contribution is 5.93. The van der Waals surface area contributed by atoms with Gasteiger partial charge in [-0.25, -0.2) is 0 Å². The Labute approximate surface area is 158 Å². The molecule has 1 aliphatic carbocycles. The lowest BCUT2D eigenvalue weighted by molar-refractivity contribution is 0.101. The van der Waals surface area contributed by atoms with Crippen molar-refractivity contribution in [2.24, 2.45) is 11.8 Å². The smallest absolute Gasteiger partial charge is 0.161 e. The molecule has 2 heteroatoms. The number of carbonyl (C=O) groups excluding carboxylic acids is 1. The first-order valence-electron chi connectivity index (χ1n) is 10.2. The summed E-state index contributed by atoms with van der Waals surface area (Å²) in [5.74, 6) is 1.98. The molecule has 138 valence electrons. The molecular formula is C24H31NO. The summed E-state index contributed by atoms with van der Waals surface area (Å²) in [5.41, 5.74) is 4.13. The van der Waals surface area contributed by atoms with Crippen LogP contribution in [0.25, 0.3) is 11.3 Å². The number of hydrogen-bond acceptors (Lipinski definition) is 2. The number of carbonyl (C=O) groups is 1. The number of nitrogens with zero attached hydrogens (tertiary/aromatic N) is 1. The van der Waals surface area contributed by atoms with E-state index in [9.17, 15) is 4.79 Å². The monoisotopic (exact) mass is 349 g/mol. The molecule has 2 nitrogen and oxygen atoms in total. The average molecular weight is 350 g/mol. The van der Waals surface area contributed by atoms with Gasteiger partial charge in [0.1, 0.15) is 0 Å². The van der Waals surface area contributed by atoms with E-state index < -0.39 is 0 Å². The molecule has 0 N–H and O–H groups in total. The van der Waals surface area contributed by atoms with Gasteiger partial charge >= 0.3 is 0 Å². The molecule has 0 bridgehead atoms. The predicted octanol–water partition coefficient (Wildman–Crippen LogP) is 6.49. The molecule has 1 aromatic heterocycles. The van der Waals surface area contributed by atoms with Crippen LogP contribution in [0, 0.1) is 11.8 Å². The van der Waals surface area contributed by atoms with Crippen LogP contribution in [0.5, 0.6) is 0 Å². The number of benzene rings is 1. The van der Waals surface area contributed by atoms with Crippen LogP contribution in [-0.2, 0) is 6.42 Å². The predicted molar refractivity (Wildman–Crippen MR) is 108 cm³/mol. The van der Waals surface area contributed by atoms with Gasteiger partial charge in [0.25, 0.3) is 0 Å². The van der Waals surface area contributed by atoms with Gasteiger partial charge in [0.2, 0.25) is 0 Å². The Bertz CT molecular complexity index is 694. The van der Waals surface area contributed by atoms with Crippen LogP contribution in [0.4, 0.5) is 0 Å². The van der Waals surface area contributed by atoms with E-state index >= 15 is 0 Å². The minimum absolute atomic E-state index is 0.0584. The number of Topliss-reactive ketones (excluding diaryl/α,β-unsaturated/α-hetero) is 1. The van der Waals surface area contributed by atoms with E-state index in [1.807, 2.05) is 12.1 Å². The topological polar surface area (TPSA) is 30.0 Å². The lowest BCUT2D eigenvalue weighted by atomic mass is 9.78. The van der Waals surface area contributed by atoms with E-state index in [-0.39, 0.29) is 5.78 Å². The summed E-state index contributed by atoms with van der Waals surface area (Å²) in [5, 5.41) is 0. The first-order chi connectivity index (χ1) is 12.7. The van der Waals surface area contributed by atoms with Crippen molar-refractivity contribution < 1.29 is 4.79 Å². The van der Waals surface area contributed by atoms with E-state index in [4.69, 9.17) is 0 Å². The molecular weight excluding hydrogens is 318 g/mol. The SMILES string of the molecule is CCC[C@H]1CC[C@H](CCc2ccc(-c3ccc(C(C)=O)cn3)cc2)CC1. The van der Waals surface area contributed by atoms with Crippen molar-refractivity contribution in [2.75, 3.05) is 0 Å². The lowest BCUT2D eigenvalue weighted by Gasteiger charge is -2.28. The molecule has 0 radical (unpaired) electrons. The fourth-order valence-corrected chi connectivity index (χ4v) is 4.20. The van der Waals surface area contributed by atoms with Gasteiger partial charge < -0.3 is 0 Å². The summed E-state index contributed by atoms with van der Waals surface area (Å²) < 4.78 is 0. The van der Waals surface area contributed by atoms with E-state index in [0.717, 1.165) is 23.1 Å². The zero-order valence-corrected chi connectivity index (χ0v) is 16.2. The summed E-state index contributed by atoms with van der Waals surface area (Å²) in [6.45, 7) is 3.88. The fourth-order valence-electron chi connectivity index (χ4n) is 4.20. The Hall–Kier alpha value is -1.96. The number of pyridine rings is 1. The third kappa shape index (κ3) is 5.03. The quantitative estimate of drug-likeness (QED) is 0.535. The van der Waals surface area contributed by atoms with Gasteiger partial charge in [0.05, 0.1) is 5.69 Å². The van der Waals surface area contributed by atoms with Crippen LogP contribution in [-0.4, -0.2) is 10.8 Å². The summed E-state index contributed by atoms with van der Waals surface area (Å²) in [4.78, 5) is 15.8. The van der Waals surface area contributed by atoms with Gasteiger partial charge in [-0.2, -0.15) is 0 Å². The van der Waals surface area contributed by atoms with E-state index in [1.54, 1.807) is 13.1 Å². The summed E-state index contributed by atoms with van der Waals surface area (Å²) in [7, 11) is 0. The maximum Gasteiger partial charge on any atom is 0.161 e. The third-order valence-corrected chi connectivity index (χ3v) is 5.92. The number of aromatic nitrogens is 1. The Morgan fingerprint density at radius 2 is 1.62 bits per heavy atom. The van der Waals surface area contributed by atoms with Crippen LogP contribution in [0.1, 0.15) is 74.7 Å². The molecule has 2 aromatic rings. The zero-order chi connectivity index (χ0) is 18.4. The second kappa shape index (κ2) is 9.12. The Kier molecular flexibility index (Phi) is 6.60. The highest BCUT2D eigenvalue weighted by atomic mass is 16.1. The first kappa shape index (κ1) is 18.8. The van der Waals surface area contributed by atoms with Crippen molar-refractivity contribution in [2.45, 2.75) is 65.2 Å². The normalized spacial score (nSPS) is 20.1. The molecule has 0 amide bonds. The van der Waals surface area contributed by atoms with E-state index in [1.165, 1.54) is 56.9 Å². The zero-order valence-electron chi connectivity index (χ0n) is 16.2. The van der Waals surface area contributed by atoms with Crippen molar-refractivity contribution in [3.8, 4) is 11.3 Å². The Morgan fingerprint density at radius 3 is 2.15 bits per heavy atom. The van der Waals surface area contributed by atoms with E-state index in [2.05, 4.69) is 36.2 Å². The summed E-state index contributed by atoms with van der Waals surface area (Å²) in [6, 6.07) is 12.6. The van der Waals surface area contributed by atoms with Crippen molar-refractivity contribution in [3.63, 3.8) is 0 Å². The van der Waals surface area contributed by atoms with Gasteiger partial charge in [0, 0.05) is 17.3 Å².